The largest absolute Gasteiger partial charge is 0.494 e. The first-order valence-corrected chi connectivity index (χ1v) is 6.20. The number of nitrogens with zero attached hydrogens (tertiary/aromatic N) is 2. The minimum Gasteiger partial charge on any atom is -0.494 e. The van der Waals surface area contributed by atoms with Gasteiger partial charge in [0, 0.05) is 30.9 Å². The summed E-state index contributed by atoms with van der Waals surface area (Å²) in [6.45, 7) is 3.30. The van der Waals surface area contributed by atoms with Crippen LogP contribution in [-0.2, 0) is 13.5 Å². The van der Waals surface area contributed by atoms with Crippen molar-refractivity contribution in [3.05, 3.63) is 36.2 Å². The number of ether oxygens (including phenoxy) is 1. The van der Waals surface area contributed by atoms with Gasteiger partial charge in [0.25, 0.3) is 0 Å². The predicted molar refractivity (Wildman–Crippen MR) is 72.6 cm³/mol. The molecule has 2 N–H and O–H groups in total. The van der Waals surface area contributed by atoms with E-state index >= 15 is 0 Å². The molecule has 0 bridgehead atoms. The Bertz CT molecular complexity index is 502. The van der Waals surface area contributed by atoms with Crippen molar-refractivity contribution < 1.29 is 4.74 Å². The van der Waals surface area contributed by atoms with Crippen molar-refractivity contribution in [2.45, 2.75) is 13.3 Å². The summed E-state index contributed by atoms with van der Waals surface area (Å²) >= 11 is 0. The van der Waals surface area contributed by atoms with Gasteiger partial charge in [0.1, 0.15) is 11.6 Å². The third kappa shape index (κ3) is 2.54. The Morgan fingerprint density at radius 3 is 2.61 bits per heavy atom. The molecule has 2 rings (SSSR count). The lowest BCUT2D eigenvalue weighted by molar-refractivity contribution is 0.340. The second-order valence-corrected chi connectivity index (χ2v) is 4.13. The fourth-order valence-corrected chi connectivity index (χ4v) is 1.96. The predicted octanol–water partition coefficient (Wildman–Crippen LogP) is 1.99. The van der Waals surface area contributed by atoms with E-state index < -0.39 is 0 Å². The Morgan fingerprint density at radius 1 is 1.28 bits per heavy atom. The molecular weight excluding hydrogens is 226 g/mol. The van der Waals surface area contributed by atoms with Crippen LogP contribution in [0, 0.1) is 0 Å². The van der Waals surface area contributed by atoms with E-state index in [1.807, 2.05) is 44.4 Å². The van der Waals surface area contributed by atoms with Crippen molar-refractivity contribution in [3.8, 4) is 17.1 Å². The number of aromatic nitrogens is 2. The zero-order valence-electron chi connectivity index (χ0n) is 10.9. The van der Waals surface area contributed by atoms with Crippen LogP contribution in [0.4, 0.5) is 0 Å². The average molecular weight is 245 g/mol. The number of imidazole rings is 1. The Labute approximate surface area is 107 Å². The first-order valence-electron chi connectivity index (χ1n) is 6.20. The molecule has 0 aliphatic carbocycles. The Hall–Kier alpha value is -1.81. The molecule has 0 atom stereocenters. The average Bonchev–Trinajstić information content (AvgIpc) is 2.73. The van der Waals surface area contributed by atoms with Crippen molar-refractivity contribution in [1.82, 2.24) is 9.55 Å². The molecule has 1 aromatic carbocycles. The Morgan fingerprint density at radius 2 is 2.00 bits per heavy atom. The topological polar surface area (TPSA) is 53.1 Å². The summed E-state index contributed by atoms with van der Waals surface area (Å²) in [4.78, 5) is 4.45. The highest BCUT2D eigenvalue weighted by Crippen LogP contribution is 2.21. The van der Waals surface area contributed by atoms with Gasteiger partial charge in [0.05, 0.1) is 6.61 Å². The highest BCUT2D eigenvalue weighted by molar-refractivity contribution is 5.57. The van der Waals surface area contributed by atoms with Crippen LogP contribution in [0.15, 0.2) is 30.5 Å². The molecule has 0 amide bonds. The minimum absolute atomic E-state index is 0.641. The Balaban J connectivity index is 2.25. The van der Waals surface area contributed by atoms with E-state index in [0.29, 0.717) is 13.2 Å². The molecule has 0 saturated carbocycles. The molecule has 0 unspecified atom stereocenters. The molecule has 18 heavy (non-hydrogen) atoms. The third-order valence-electron chi connectivity index (χ3n) is 2.91. The van der Waals surface area contributed by atoms with Gasteiger partial charge in [-0.1, -0.05) is 0 Å². The highest BCUT2D eigenvalue weighted by atomic mass is 16.5. The second kappa shape index (κ2) is 5.69. The quantitative estimate of drug-likeness (QED) is 0.876. The van der Waals surface area contributed by atoms with Gasteiger partial charge in [-0.2, -0.15) is 0 Å². The first kappa shape index (κ1) is 12.6. The van der Waals surface area contributed by atoms with E-state index in [9.17, 15) is 0 Å². The summed E-state index contributed by atoms with van der Waals surface area (Å²) in [5.41, 5.74) is 7.81. The SMILES string of the molecule is CCOc1ccc(-c2ncc(CCN)n2C)cc1. The van der Waals surface area contributed by atoms with Gasteiger partial charge in [-0.05, 0) is 37.7 Å². The number of nitrogens with two attached hydrogens (primary N) is 1. The fourth-order valence-electron chi connectivity index (χ4n) is 1.96. The molecule has 0 aliphatic heterocycles. The van der Waals surface area contributed by atoms with Crippen LogP contribution in [0.2, 0.25) is 0 Å². The van der Waals surface area contributed by atoms with Crippen molar-refractivity contribution >= 4 is 0 Å². The van der Waals surface area contributed by atoms with Gasteiger partial charge >= 0.3 is 0 Å². The lowest BCUT2D eigenvalue weighted by atomic mass is 10.2. The molecular formula is C14H19N3O. The molecule has 1 heterocycles. The van der Waals surface area contributed by atoms with Gasteiger partial charge < -0.3 is 15.0 Å². The van der Waals surface area contributed by atoms with Crippen LogP contribution in [-0.4, -0.2) is 22.7 Å². The molecule has 96 valence electrons. The number of hydrogen-bond donors (Lipinski definition) is 1. The maximum atomic E-state index is 5.57. The summed E-state index contributed by atoms with van der Waals surface area (Å²) in [7, 11) is 2.02. The van der Waals surface area contributed by atoms with Crippen molar-refractivity contribution in [2.24, 2.45) is 12.8 Å². The van der Waals surface area contributed by atoms with Gasteiger partial charge in [-0.25, -0.2) is 4.98 Å². The van der Waals surface area contributed by atoms with Crippen LogP contribution in [0.5, 0.6) is 5.75 Å². The lowest BCUT2D eigenvalue weighted by Crippen LogP contribution is -2.07. The van der Waals surface area contributed by atoms with E-state index in [4.69, 9.17) is 10.5 Å². The van der Waals surface area contributed by atoms with E-state index in [2.05, 4.69) is 9.55 Å². The molecule has 1 aromatic heterocycles. The lowest BCUT2D eigenvalue weighted by Gasteiger charge is -2.07. The molecule has 0 radical (unpaired) electrons. The summed E-state index contributed by atoms with van der Waals surface area (Å²) in [6, 6.07) is 7.99. The zero-order valence-corrected chi connectivity index (χ0v) is 10.9. The smallest absolute Gasteiger partial charge is 0.139 e. The van der Waals surface area contributed by atoms with Gasteiger partial charge in [0.2, 0.25) is 0 Å². The summed E-state index contributed by atoms with van der Waals surface area (Å²) < 4.78 is 7.51. The van der Waals surface area contributed by atoms with Crippen LogP contribution in [0.3, 0.4) is 0 Å². The standard InChI is InChI=1S/C14H19N3O/c1-3-18-13-6-4-11(5-7-13)14-16-10-12(8-9-15)17(14)2/h4-7,10H,3,8-9,15H2,1-2H3. The second-order valence-electron chi connectivity index (χ2n) is 4.13. The van der Waals surface area contributed by atoms with Gasteiger partial charge in [-0.15, -0.1) is 0 Å². The number of rotatable bonds is 5. The zero-order chi connectivity index (χ0) is 13.0. The normalized spacial score (nSPS) is 10.6. The highest BCUT2D eigenvalue weighted by Gasteiger charge is 2.08. The monoisotopic (exact) mass is 245 g/mol. The van der Waals surface area contributed by atoms with Crippen molar-refractivity contribution in [2.75, 3.05) is 13.2 Å². The summed E-state index contributed by atoms with van der Waals surface area (Å²) in [6.07, 6.45) is 2.74. The molecule has 4 heteroatoms. The van der Waals surface area contributed by atoms with E-state index in [-0.39, 0.29) is 0 Å². The molecule has 2 aromatic rings. The van der Waals surface area contributed by atoms with Crippen LogP contribution < -0.4 is 10.5 Å². The molecule has 4 nitrogen and oxygen atoms in total. The van der Waals surface area contributed by atoms with Gasteiger partial charge in [0.15, 0.2) is 0 Å². The van der Waals surface area contributed by atoms with Gasteiger partial charge in [-0.3, -0.25) is 0 Å². The Kier molecular flexibility index (Phi) is 3.99. The summed E-state index contributed by atoms with van der Waals surface area (Å²) in [5, 5.41) is 0. The fraction of sp³-hybridized carbons (Fsp3) is 0.357. The van der Waals surface area contributed by atoms with Crippen LogP contribution in [0.1, 0.15) is 12.6 Å². The maximum Gasteiger partial charge on any atom is 0.139 e. The minimum atomic E-state index is 0.641. The van der Waals surface area contributed by atoms with Crippen LogP contribution in [0.25, 0.3) is 11.4 Å². The van der Waals surface area contributed by atoms with E-state index in [1.165, 1.54) is 0 Å². The molecule has 0 aliphatic rings. The third-order valence-corrected chi connectivity index (χ3v) is 2.91. The summed E-state index contributed by atoms with van der Waals surface area (Å²) in [5.74, 6) is 1.85. The molecule has 0 spiro atoms. The van der Waals surface area contributed by atoms with E-state index in [0.717, 1.165) is 29.3 Å². The molecule has 0 saturated heterocycles. The van der Waals surface area contributed by atoms with E-state index in [1.54, 1.807) is 0 Å². The van der Waals surface area contributed by atoms with Crippen LogP contribution >= 0.6 is 0 Å². The van der Waals surface area contributed by atoms with Crippen molar-refractivity contribution in [1.29, 1.82) is 0 Å². The van der Waals surface area contributed by atoms with Crippen molar-refractivity contribution in [3.63, 3.8) is 0 Å². The maximum absolute atomic E-state index is 5.57. The number of benzene rings is 1. The first-order chi connectivity index (χ1) is 8.76. The molecule has 0 fully saturated rings. The number of hydrogen-bond acceptors (Lipinski definition) is 3.